The van der Waals surface area contributed by atoms with Gasteiger partial charge >= 0.3 is 6.03 Å². The van der Waals surface area contributed by atoms with Crippen LogP contribution in [0.15, 0.2) is 48.5 Å². The van der Waals surface area contributed by atoms with Gasteiger partial charge in [-0.05, 0) is 36.2 Å². The van der Waals surface area contributed by atoms with E-state index < -0.39 is 0 Å². The fraction of sp³-hybridized carbons (Fsp3) is 0.364. The molecule has 0 saturated carbocycles. The van der Waals surface area contributed by atoms with E-state index in [2.05, 4.69) is 10.6 Å². The number of rotatable bonds is 8. The maximum absolute atomic E-state index is 12.6. The number of anilines is 2. The zero-order valence-electron chi connectivity index (χ0n) is 17.2. The lowest BCUT2D eigenvalue weighted by atomic mass is 10.1. The topological polar surface area (TPSA) is 64.7 Å². The molecule has 0 radical (unpaired) electrons. The van der Waals surface area contributed by atoms with Crippen LogP contribution in [-0.2, 0) is 17.9 Å². The summed E-state index contributed by atoms with van der Waals surface area (Å²) < 4.78 is 0. The van der Waals surface area contributed by atoms with Crippen LogP contribution in [0.3, 0.4) is 0 Å². The van der Waals surface area contributed by atoms with Crippen LogP contribution in [0.25, 0.3) is 0 Å². The second-order valence-corrected chi connectivity index (χ2v) is 6.81. The highest BCUT2D eigenvalue weighted by atomic mass is 16.2. The van der Waals surface area contributed by atoms with Gasteiger partial charge in [-0.1, -0.05) is 37.3 Å². The number of hydrogen-bond acceptors (Lipinski definition) is 3. The van der Waals surface area contributed by atoms with Gasteiger partial charge in [0.1, 0.15) is 0 Å². The van der Waals surface area contributed by atoms with Crippen molar-refractivity contribution in [2.75, 3.05) is 30.9 Å². The number of urea groups is 1. The van der Waals surface area contributed by atoms with E-state index in [1.54, 1.807) is 0 Å². The highest BCUT2D eigenvalue weighted by molar-refractivity contribution is 5.89. The van der Waals surface area contributed by atoms with Crippen molar-refractivity contribution in [2.45, 2.75) is 33.4 Å². The summed E-state index contributed by atoms with van der Waals surface area (Å²) >= 11 is 0. The lowest BCUT2D eigenvalue weighted by Crippen LogP contribution is -2.30. The maximum Gasteiger partial charge on any atom is 0.319 e. The molecular weight excluding hydrogens is 352 g/mol. The number of nitrogens with one attached hydrogen (secondary N) is 2. The van der Waals surface area contributed by atoms with Crippen molar-refractivity contribution in [3.05, 3.63) is 59.7 Å². The van der Waals surface area contributed by atoms with Crippen LogP contribution in [-0.4, -0.2) is 37.5 Å². The second kappa shape index (κ2) is 10.3. The first-order chi connectivity index (χ1) is 13.4. The Labute approximate surface area is 167 Å². The fourth-order valence-electron chi connectivity index (χ4n) is 3.03. The van der Waals surface area contributed by atoms with Gasteiger partial charge in [-0.15, -0.1) is 0 Å². The van der Waals surface area contributed by atoms with Gasteiger partial charge in [-0.25, -0.2) is 4.79 Å². The number of hydrogen-bond donors (Lipinski definition) is 2. The van der Waals surface area contributed by atoms with Crippen LogP contribution in [0.1, 0.15) is 31.4 Å². The molecule has 0 aromatic heterocycles. The Balaban J connectivity index is 2.29. The first-order valence-corrected chi connectivity index (χ1v) is 9.61. The molecule has 0 fully saturated rings. The number of nitrogens with zero attached hydrogens (tertiary/aromatic N) is 2. The van der Waals surface area contributed by atoms with E-state index >= 15 is 0 Å². The SMILES string of the molecule is CCNC(=O)Nc1ccc(N(C)C)c(CN(Cc2ccccc2)C(=O)CC)c1. The molecule has 2 aromatic rings. The third-order valence-corrected chi connectivity index (χ3v) is 4.39. The largest absolute Gasteiger partial charge is 0.377 e. The fourth-order valence-corrected chi connectivity index (χ4v) is 3.03. The molecule has 0 aliphatic heterocycles. The number of benzene rings is 2. The zero-order chi connectivity index (χ0) is 20.5. The smallest absolute Gasteiger partial charge is 0.319 e. The molecule has 6 heteroatoms. The second-order valence-electron chi connectivity index (χ2n) is 6.81. The van der Waals surface area contributed by atoms with Gasteiger partial charge in [0.15, 0.2) is 0 Å². The Morgan fingerprint density at radius 3 is 2.29 bits per heavy atom. The third kappa shape index (κ3) is 6.01. The molecule has 0 aliphatic carbocycles. The van der Waals surface area contributed by atoms with Crippen molar-refractivity contribution in [3.63, 3.8) is 0 Å². The Hall–Kier alpha value is -3.02. The van der Waals surface area contributed by atoms with Gasteiger partial charge in [-0.2, -0.15) is 0 Å². The molecule has 0 spiro atoms. The standard InChI is InChI=1S/C22H30N4O2/c1-5-21(27)26(15-17-10-8-7-9-11-17)16-18-14-19(24-22(28)23-6-2)12-13-20(18)25(3)4/h7-14H,5-6,15-16H2,1-4H3,(H2,23,24,28). The van der Waals surface area contributed by atoms with E-state index in [4.69, 9.17) is 0 Å². The minimum absolute atomic E-state index is 0.0932. The van der Waals surface area contributed by atoms with Crippen LogP contribution in [0.5, 0.6) is 0 Å². The number of carbonyl (C=O) groups is 2. The van der Waals surface area contributed by atoms with Crippen molar-refractivity contribution in [2.24, 2.45) is 0 Å². The van der Waals surface area contributed by atoms with Crippen LogP contribution in [0.4, 0.5) is 16.2 Å². The Kier molecular flexibility index (Phi) is 7.87. The summed E-state index contributed by atoms with van der Waals surface area (Å²) in [6.45, 7) is 5.33. The van der Waals surface area contributed by atoms with E-state index in [1.165, 1.54) is 0 Å². The summed E-state index contributed by atoms with van der Waals surface area (Å²) in [5.41, 5.74) is 3.79. The lowest BCUT2D eigenvalue weighted by molar-refractivity contribution is -0.132. The molecule has 0 aliphatic rings. The summed E-state index contributed by atoms with van der Waals surface area (Å²) in [5, 5.41) is 5.57. The van der Waals surface area contributed by atoms with Crippen molar-refractivity contribution in [1.29, 1.82) is 0 Å². The van der Waals surface area contributed by atoms with E-state index in [0.29, 0.717) is 31.7 Å². The van der Waals surface area contributed by atoms with Crippen molar-refractivity contribution in [3.8, 4) is 0 Å². The van der Waals surface area contributed by atoms with Gasteiger partial charge in [0, 0.05) is 51.5 Å². The van der Waals surface area contributed by atoms with Gasteiger partial charge in [-0.3, -0.25) is 4.79 Å². The highest BCUT2D eigenvalue weighted by Crippen LogP contribution is 2.25. The van der Waals surface area contributed by atoms with Crippen molar-refractivity contribution < 1.29 is 9.59 Å². The number of amides is 3. The molecule has 2 rings (SSSR count). The van der Waals surface area contributed by atoms with Gasteiger partial charge in [0.25, 0.3) is 0 Å². The number of carbonyl (C=O) groups excluding carboxylic acids is 2. The van der Waals surface area contributed by atoms with Gasteiger partial charge in [0.2, 0.25) is 5.91 Å². The summed E-state index contributed by atoms with van der Waals surface area (Å²) in [7, 11) is 3.94. The van der Waals surface area contributed by atoms with E-state index in [-0.39, 0.29) is 11.9 Å². The third-order valence-electron chi connectivity index (χ3n) is 4.39. The average molecular weight is 383 g/mol. The van der Waals surface area contributed by atoms with Crippen LogP contribution < -0.4 is 15.5 Å². The predicted octanol–water partition coefficient (Wildman–Crippen LogP) is 3.83. The van der Waals surface area contributed by atoms with Gasteiger partial charge < -0.3 is 20.4 Å². The van der Waals surface area contributed by atoms with Crippen LogP contribution >= 0.6 is 0 Å². The first kappa shape index (κ1) is 21.3. The van der Waals surface area contributed by atoms with Gasteiger partial charge in [0.05, 0.1) is 0 Å². The quantitative estimate of drug-likeness (QED) is 0.729. The summed E-state index contributed by atoms with van der Waals surface area (Å²) in [6.07, 6.45) is 0.445. The van der Waals surface area contributed by atoms with Crippen LogP contribution in [0.2, 0.25) is 0 Å². The summed E-state index contributed by atoms with van der Waals surface area (Å²) in [4.78, 5) is 28.3. The Morgan fingerprint density at radius 2 is 1.68 bits per heavy atom. The molecule has 0 atom stereocenters. The Bertz CT molecular complexity index is 790. The molecule has 0 heterocycles. The van der Waals surface area contributed by atoms with E-state index in [1.807, 2.05) is 86.3 Å². The Morgan fingerprint density at radius 1 is 0.964 bits per heavy atom. The molecule has 2 aromatic carbocycles. The molecule has 150 valence electrons. The van der Waals surface area contributed by atoms with Crippen molar-refractivity contribution >= 4 is 23.3 Å². The molecular formula is C22H30N4O2. The minimum Gasteiger partial charge on any atom is -0.377 e. The molecule has 28 heavy (non-hydrogen) atoms. The molecule has 0 unspecified atom stereocenters. The summed E-state index contributed by atoms with van der Waals surface area (Å²) in [6, 6.07) is 15.5. The molecule has 3 amide bonds. The first-order valence-electron chi connectivity index (χ1n) is 9.61. The minimum atomic E-state index is -0.239. The van der Waals surface area contributed by atoms with E-state index in [9.17, 15) is 9.59 Å². The molecule has 0 bridgehead atoms. The van der Waals surface area contributed by atoms with E-state index in [0.717, 1.165) is 16.8 Å². The molecule has 6 nitrogen and oxygen atoms in total. The predicted molar refractivity (Wildman–Crippen MR) is 114 cm³/mol. The summed E-state index contributed by atoms with van der Waals surface area (Å²) in [5.74, 6) is 0.0932. The van der Waals surface area contributed by atoms with Crippen LogP contribution in [0, 0.1) is 0 Å². The average Bonchev–Trinajstić information content (AvgIpc) is 2.67. The highest BCUT2D eigenvalue weighted by Gasteiger charge is 2.16. The molecule has 0 saturated heterocycles. The monoisotopic (exact) mass is 382 g/mol. The lowest BCUT2D eigenvalue weighted by Gasteiger charge is -2.26. The normalized spacial score (nSPS) is 10.3. The zero-order valence-corrected chi connectivity index (χ0v) is 17.2. The molecule has 2 N–H and O–H groups in total. The van der Waals surface area contributed by atoms with Crippen molar-refractivity contribution in [1.82, 2.24) is 10.2 Å². The maximum atomic E-state index is 12.6.